The molecule has 2 aliphatic rings. The van der Waals surface area contributed by atoms with Gasteiger partial charge in [-0.2, -0.15) is 0 Å². The Morgan fingerprint density at radius 3 is 2.77 bits per heavy atom. The third kappa shape index (κ3) is 3.51. The van der Waals surface area contributed by atoms with E-state index in [0.29, 0.717) is 11.4 Å². The van der Waals surface area contributed by atoms with Gasteiger partial charge in [-0.25, -0.2) is 4.98 Å². The summed E-state index contributed by atoms with van der Waals surface area (Å²) in [5.74, 6) is 1.58. The van der Waals surface area contributed by atoms with Crippen molar-refractivity contribution in [3.8, 4) is 11.6 Å². The van der Waals surface area contributed by atoms with E-state index in [1.54, 1.807) is 25.4 Å². The lowest BCUT2D eigenvalue weighted by atomic mass is 10.1. The number of methoxy groups -OCH3 is 1. The summed E-state index contributed by atoms with van der Waals surface area (Å²) < 4.78 is 10.6. The Hall–Kier alpha value is -2.60. The lowest BCUT2D eigenvalue weighted by molar-refractivity contribution is 0.0628. The largest absolute Gasteiger partial charge is 0.493 e. The van der Waals surface area contributed by atoms with Crippen LogP contribution in [0.3, 0.4) is 0 Å². The highest BCUT2D eigenvalue weighted by atomic mass is 16.5. The molecule has 0 saturated carbocycles. The summed E-state index contributed by atoms with van der Waals surface area (Å²) in [5, 5.41) is 0. The van der Waals surface area contributed by atoms with Gasteiger partial charge in [0.15, 0.2) is 0 Å². The van der Waals surface area contributed by atoms with E-state index < -0.39 is 0 Å². The molecule has 6 nitrogen and oxygen atoms in total. The number of rotatable bonds is 4. The van der Waals surface area contributed by atoms with Gasteiger partial charge >= 0.3 is 0 Å². The van der Waals surface area contributed by atoms with Gasteiger partial charge in [0.1, 0.15) is 5.75 Å². The number of amides is 1. The van der Waals surface area contributed by atoms with Crippen molar-refractivity contribution in [3.05, 3.63) is 53.2 Å². The van der Waals surface area contributed by atoms with E-state index in [2.05, 4.69) is 28.1 Å². The van der Waals surface area contributed by atoms with Gasteiger partial charge in [0.25, 0.3) is 5.91 Å². The fourth-order valence-corrected chi connectivity index (χ4v) is 3.52. The zero-order valence-electron chi connectivity index (χ0n) is 15.0. The number of fused-ring (bicyclic) bond motifs is 1. The first-order valence-corrected chi connectivity index (χ1v) is 8.99. The van der Waals surface area contributed by atoms with E-state index in [0.717, 1.165) is 51.5 Å². The predicted octanol–water partition coefficient (Wildman–Crippen LogP) is 1.98. The van der Waals surface area contributed by atoms with E-state index in [1.807, 2.05) is 4.90 Å². The van der Waals surface area contributed by atoms with Crippen LogP contribution in [0, 0.1) is 0 Å². The fourth-order valence-electron chi connectivity index (χ4n) is 3.52. The maximum absolute atomic E-state index is 12.6. The van der Waals surface area contributed by atoms with Crippen LogP contribution in [0.2, 0.25) is 0 Å². The van der Waals surface area contributed by atoms with E-state index in [4.69, 9.17) is 9.47 Å². The van der Waals surface area contributed by atoms with Crippen molar-refractivity contribution in [2.24, 2.45) is 0 Å². The third-order valence-electron chi connectivity index (χ3n) is 5.01. The molecule has 0 atom stereocenters. The quantitative estimate of drug-likeness (QED) is 0.841. The SMILES string of the molecule is COc1ccc(C(=O)N2CCN(Cc3ccc4c(c3)CCO4)CC2)cn1. The summed E-state index contributed by atoms with van der Waals surface area (Å²) in [6.45, 7) is 4.93. The summed E-state index contributed by atoms with van der Waals surface area (Å²) in [6.07, 6.45) is 2.58. The molecule has 26 heavy (non-hydrogen) atoms. The van der Waals surface area contributed by atoms with Crippen LogP contribution in [0.4, 0.5) is 0 Å². The van der Waals surface area contributed by atoms with Gasteiger partial charge in [-0.05, 0) is 23.3 Å². The molecule has 0 aliphatic carbocycles. The number of hydrogen-bond acceptors (Lipinski definition) is 5. The Kier molecular flexibility index (Phi) is 4.75. The van der Waals surface area contributed by atoms with Crippen molar-refractivity contribution in [1.82, 2.24) is 14.8 Å². The molecule has 1 fully saturated rings. The lowest BCUT2D eigenvalue weighted by Gasteiger charge is -2.34. The van der Waals surface area contributed by atoms with Crippen molar-refractivity contribution in [2.75, 3.05) is 39.9 Å². The first-order chi connectivity index (χ1) is 12.7. The first kappa shape index (κ1) is 16.8. The van der Waals surface area contributed by atoms with Gasteiger partial charge < -0.3 is 14.4 Å². The molecule has 1 aromatic heterocycles. The Bertz CT molecular complexity index is 783. The highest BCUT2D eigenvalue weighted by Gasteiger charge is 2.23. The molecule has 1 saturated heterocycles. The minimum absolute atomic E-state index is 0.0366. The average Bonchev–Trinajstić information content (AvgIpc) is 3.16. The van der Waals surface area contributed by atoms with E-state index in [9.17, 15) is 4.79 Å². The maximum Gasteiger partial charge on any atom is 0.255 e. The second kappa shape index (κ2) is 7.33. The molecule has 4 rings (SSSR count). The van der Waals surface area contributed by atoms with Crippen molar-refractivity contribution in [1.29, 1.82) is 0 Å². The van der Waals surface area contributed by atoms with Crippen molar-refractivity contribution in [2.45, 2.75) is 13.0 Å². The molecule has 136 valence electrons. The molecular formula is C20H23N3O3. The number of nitrogens with zero attached hydrogens (tertiary/aromatic N) is 3. The first-order valence-electron chi connectivity index (χ1n) is 8.99. The Morgan fingerprint density at radius 2 is 2.04 bits per heavy atom. The molecule has 6 heteroatoms. The predicted molar refractivity (Wildman–Crippen MR) is 97.6 cm³/mol. The van der Waals surface area contributed by atoms with Crippen molar-refractivity contribution >= 4 is 5.91 Å². The van der Waals surface area contributed by atoms with Crippen LogP contribution in [-0.4, -0.2) is 60.6 Å². The van der Waals surface area contributed by atoms with Gasteiger partial charge in [0.05, 0.1) is 19.3 Å². The second-order valence-corrected chi connectivity index (χ2v) is 6.70. The van der Waals surface area contributed by atoms with Crippen LogP contribution in [0.15, 0.2) is 36.5 Å². The Labute approximate surface area is 153 Å². The Morgan fingerprint density at radius 1 is 1.19 bits per heavy atom. The van der Waals surface area contributed by atoms with E-state index in [-0.39, 0.29) is 5.91 Å². The molecule has 1 aromatic carbocycles. The second-order valence-electron chi connectivity index (χ2n) is 6.70. The van der Waals surface area contributed by atoms with E-state index >= 15 is 0 Å². The summed E-state index contributed by atoms with van der Waals surface area (Å²) >= 11 is 0. The number of pyridine rings is 1. The molecule has 0 spiro atoms. The summed E-state index contributed by atoms with van der Waals surface area (Å²) in [5.41, 5.74) is 3.23. The average molecular weight is 353 g/mol. The van der Waals surface area contributed by atoms with Gasteiger partial charge in [-0.1, -0.05) is 12.1 Å². The number of carbonyl (C=O) groups excluding carboxylic acids is 1. The van der Waals surface area contributed by atoms with Gasteiger partial charge in [-0.15, -0.1) is 0 Å². The van der Waals surface area contributed by atoms with Gasteiger partial charge in [0, 0.05) is 51.4 Å². The smallest absolute Gasteiger partial charge is 0.255 e. The van der Waals surface area contributed by atoms with Gasteiger partial charge in [-0.3, -0.25) is 9.69 Å². The summed E-state index contributed by atoms with van der Waals surface area (Å²) in [7, 11) is 1.57. The molecule has 2 aromatic rings. The third-order valence-corrected chi connectivity index (χ3v) is 5.01. The monoisotopic (exact) mass is 353 g/mol. The maximum atomic E-state index is 12.6. The highest BCUT2D eigenvalue weighted by molar-refractivity contribution is 5.94. The standard InChI is InChI=1S/C20H23N3O3/c1-25-19-5-3-17(13-21-19)20(24)23-9-7-22(8-10-23)14-15-2-4-18-16(12-15)6-11-26-18/h2-5,12-13H,6-11,14H2,1H3. The van der Waals surface area contributed by atoms with Crippen molar-refractivity contribution < 1.29 is 14.3 Å². The normalized spacial score (nSPS) is 16.9. The van der Waals surface area contributed by atoms with Crippen LogP contribution in [-0.2, 0) is 13.0 Å². The molecule has 1 amide bonds. The molecule has 2 aliphatic heterocycles. The minimum Gasteiger partial charge on any atom is -0.493 e. The number of aromatic nitrogens is 1. The molecular weight excluding hydrogens is 330 g/mol. The van der Waals surface area contributed by atoms with Crippen LogP contribution >= 0.6 is 0 Å². The molecule has 0 bridgehead atoms. The molecule has 0 unspecified atom stereocenters. The minimum atomic E-state index is 0.0366. The van der Waals surface area contributed by atoms with E-state index in [1.165, 1.54) is 11.1 Å². The topological polar surface area (TPSA) is 54.9 Å². The van der Waals surface area contributed by atoms with Crippen LogP contribution in [0.5, 0.6) is 11.6 Å². The number of carbonyl (C=O) groups is 1. The van der Waals surface area contributed by atoms with Crippen LogP contribution in [0.1, 0.15) is 21.5 Å². The Balaban J connectivity index is 1.32. The summed E-state index contributed by atoms with van der Waals surface area (Å²) in [4.78, 5) is 21.0. The van der Waals surface area contributed by atoms with Crippen LogP contribution in [0.25, 0.3) is 0 Å². The number of ether oxygens (including phenoxy) is 2. The molecule has 3 heterocycles. The number of hydrogen-bond donors (Lipinski definition) is 0. The van der Waals surface area contributed by atoms with Gasteiger partial charge in [0.2, 0.25) is 5.88 Å². The fraction of sp³-hybridized carbons (Fsp3) is 0.400. The summed E-state index contributed by atoms with van der Waals surface area (Å²) in [6, 6.07) is 9.97. The highest BCUT2D eigenvalue weighted by Crippen LogP contribution is 2.26. The van der Waals surface area contributed by atoms with Crippen LogP contribution < -0.4 is 9.47 Å². The lowest BCUT2D eigenvalue weighted by Crippen LogP contribution is -2.48. The number of benzene rings is 1. The molecule has 0 radical (unpaired) electrons. The number of piperazine rings is 1. The zero-order valence-corrected chi connectivity index (χ0v) is 15.0. The van der Waals surface area contributed by atoms with Crippen molar-refractivity contribution in [3.63, 3.8) is 0 Å². The molecule has 0 N–H and O–H groups in total. The zero-order chi connectivity index (χ0) is 17.9.